The molecule has 3 saturated heterocycles. The van der Waals surface area contributed by atoms with Crippen molar-refractivity contribution in [3.63, 3.8) is 0 Å². The van der Waals surface area contributed by atoms with Gasteiger partial charge in [0, 0.05) is 61.2 Å². The minimum Gasteiger partial charge on any atom is -0.490 e. The summed E-state index contributed by atoms with van der Waals surface area (Å²) in [5.74, 6) is 2.29. The summed E-state index contributed by atoms with van der Waals surface area (Å²) in [5, 5.41) is 44.3. The van der Waals surface area contributed by atoms with Gasteiger partial charge in [0.2, 0.25) is 0 Å². The minimum atomic E-state index is -0.611. The van der Waals surface area contributed by atoms with Crippen molar-refractivity contribution in [3.05, 3.63) is 18.2 Å². The molecule has 0 bridgehead atoms. The van der Waals surface area contributed by atoms with E-state index in [-0.39, 0.29) is 36.1 Å². The van der Waals surface area contributed by atoms with Gasteiger partial charge in [0.1, 0.15) is 24.1 Å². The van der Waals surface area contributed by atoms with Gasteiger partial charge in [-0.05, 0) is 92.2 Å². The van der Waals surface area contributed by atoms with Crippen LogP contribution in [0.2, 0.25) is 0 Å². The molecule has 0 spiro atoms. The van der Waals surface area contributed by atoms with Gasteiger partial charge in [0.05, 0.1) is 16.6 Å². The summed E-state index contributed by atoms with van der Waals surface area (Å²) in [6.07, 6.45) is 2.98. The predicted octanol–water partition coefficient (Wildman–Crippen LogP) is 8.83. The molecule has 3 aliphatic rings. The van der Waals surface area contributed by atoms with E-state index in [2.05, 4.69) is 41.5 Å². The number of hydroxylamine groups is 6. The van der Waals surface area contributed by atoms with E-state index in [4.69, 9.17) is 14.2 Å². The Hall–Kier alpha value is -1.62. The number of benzene rings is 1. The molecule has 1 aromatic rings. The van der Waals surface area contributed by atoms with Gasteiger partial charge in [-0.3, -0.25) is 0 Å². The van der Waals surface area contributed by atoms with E-state index >= 15 is 0 Å². The normalized spacial score (nSPS) is 36.1. The summed E-state index contributed by atoms with van der Waals surface area (Å²) < 4.78 is 20.4. The van der Waals surface area contributed by atoms with Crippen LogP contribution in [0, 0.1) is 17.8 Å². The summed E-state index contributed by atoms with van der Waals surface area (Å²) in [7, 11) is 0. The van der Waals surface area contributed by atoms with Crippen LogP contribution in [-0.2, 0) is 15.6 Å². The topological polar surface area (TPSA) is 97.1 Å². The standard InChI is InChI=1S/C39H66N3O6/c1-25(2)37(13)22-29(19-34(7,8)40(37)43)46-28-16-17-32(47-30-20-35(9,10)41(44)38(14,23-30)26(3)4)33(18-28)48-31-21-36(11,12)42(45)39(15,24-31)27(5)6/h16-18,25-27,29-31H,19-24H2,1-15H3. The molecule has 0 aromatic heterocycles. The summed E-state index contributed by atoms with van der Waals surface area (Å²) in [5.41, 5.74) is -3.50. The minimum absolute atomic E-state index is 0.129. The zero-order valence-corrected chi connectivity index (χ0v) is 32.7. The lowest BCUT2D eigenvalue weighted by Gasteiger charge is -2.53. The maximum atomic E-state index is 13.6. The number of ether oxygens (including phenoxy) is 3. The van der Waals surface area contributed by atoms with Gasteiger partial charge in [-0.2, -0.15) is 0 Å². The Kier molecular flexibility index (Phi) is 10.7. The van der Waals surface area contributed by atoms with Crippen LogP contribution in [0.4, 0.5) is 0 Å². The van der Waals surface area contributed by atoms with Crippen LogP contribution in [0.5, 0.6) is 17.2 Å². The first-order chi connectivity index (χ1) is 21.8. The van der Waals surface area contributed by atoms with E-state index in [0.717, 1.165) is 0 Å². The highest BCUT2D eigenvalue weighted by Gasteiger charge is 2.54. The Bertz CT molecular complexity index is 1280. The second-order valence-corrected chi connectivity index (χ2v) is 18.9. The Labute approximate surface area is 291 Å². The van der Waals surface area contributed by atoms with Crippen molar-refractivity contribution in [3.8, 4) is 17.2 Å². The molecule has 0 aliphatic carbocycles. The van der Waals surface area contributed by atoms with Gasteiger partial charge in [-0.15, -0.1) is 30.8 Å². The first kappa shape index (κ1) is 39.2. The van der Waals surface area contributed by atoms with Crippen molar-refractivity contribution in [2.45, 2.75) is 194 Å². The fraction of sp³-hybridized carbons (Fsp3) is 0.846. The summed E-state index contributed by atoms with van der Waals surface area (Å²) in [4.78, 5) is 0. The van der Waals surface area contributed by atoms with E-state index < -0.39 is 33.2 Å². The van der Waals surface area contributed by atoms with Gasteiger partial charge < -0.3 is 14.2 Å². The predicted molar refractivity (Wildman–Crippen MR) is 187 cm³/mol. The second-order valence-electron chi connectivity index (χ2n) is 18.9. The fourth-order valence-corrected chi connectivity index (χ4v) is 8.81. The maximum Gasteiger partial charge on any atom is 0.165 e. The Morgan fingerprint density at radius 1 is 0.500 bits per heavy atom. The molecule has 6 atom stereocenters. The van der Waals surface area contributed by atoms with Crippen molar-refractivity contribution in [1.82, 2.24) is 15.2 Å². The van der Waals surface area contributed by atoms with Crippen molar-refractivity contribution in [1.29, 1.82) is 0 Å². The third-order valence-corrected chi connectivity index (χ3v) is 12.7. The van der Waals surface area contributed by atoms with Crippen molar-refractivity contribution in [2.24, 2.45) is 17.8 Å². The molecule has 0 amide bonds. The van der Waals surface area contributed by atoms with Crippen LogP contribution in [0.3, 0.4) is 0 Å². The number of hydrogen-bond acceptors (Lipinski definition) is 6. The first-order valence-electron chi connectivity index (χ1n) is 18.3. The fourth-order valence-electron chi connectivity index (χ4n) is 8.81. The van der Waals surface area contributed by atoms with Crippen molar-refractivity contribution in [2.75, 3.05) is 0 Å². The molecular weight excluding hydrogens is 606 g/mol. The molecular formula is C39H66N3O6. The lowest BCUT2D eigenvalue weighted by Crippen LogP contribution is -2.64. The Morgan fingerprint density at radius 3 is 1.15 bits per heavy atom. The highest BCUT2D eigenvalue weighted by atomic mass is 16.5. The average Bonchev–Trinajstić information content (AvgIpc) is 2.94. The van der Waals surface area contributed by atoms with E-state index in [0.29, 0.717) is 55.8 Å². The average molecular weight is 673 g/mol. The second kappa shape index (κ2) is 13.2. The molecule has 273 valence electrons. The van der Waals surface area contributed by atoms with E-state index in [9.17, 15) is 15.6 Å². The third kappa shape index (κ3) is 7.24. The number of piperidine rings is 3. The monoisotopic (exact) mass is 672 g/mol. The highest BCUT2D eigenvalue weighted by molar-refractivity contribution is 5.46. The third-order valence-electron chi connectivity index (χ3n) is 12.7. The van der Waals surface area contributed by atoms with E-state index in [1.165, 1.54) is 15.2 Å². The quantitative estimate of drug-likeness (QED) is 0.260. The molecule has 6 unspecified atom stereocenters. The molecule has 1 aromatic carbocycles. The Balaban J connectivity index is 1.70. The van der Waals surface area contributed by atoms with Crippen molar-refractivity contribution >= 4 is 0 Å². The van der Waals surface area contributed by atoms with Crippen molar-refractivity contribution < 1.29 is 29.8 Å². The smallest absolute Gasteiger partial charge is 0.165 e. The van der Waals surface area contributed by atoms with Gasteiger partial charge >= 0.3 is 0 Å². The molecule has 0 saturated carbocycles. The lowest BCUT2D eigenvalue weighted by molar-refractivity contribution is -0.312. The van der Waals surface area contributed by atoms with Crippen LogP contribution in [0.1, 0.15) is 142 Å². The molecule has 3 aliphatic heterocycles. The number of nitrogens with zero attached hydrogens (tertiary/aromatic N) is 3. The van der Waals surface area contributed by atoms with Gasteiger partial charge in [-0.25, -0.2) is 0 Å². The number of rotatable bonds is 9. The largest absolute Gasteiger partial charge is 0.490 e. The molecule has 3 fully saturated rings. The highest BCUT2D eigenvalue weighted by Crippen LogP contribution is 2.48. The molecule has 0 N–H and O–H groups in total. The summed E-state index contributed by atoms with van der Waals surface area (Å²) in [6, 6.07) is 5.79. The number of hydrogen-bond donors (Lipinski definition) is 0. The van der Waals surface area contributed by atoms with Gasteiger partial charge in [0.15, 0.2) is 11.5 Å². The zero-order chi connectivity index (χ0) is 36.4. The van der Waals surface area contributed by atoms with Crippen LogP contribution < -0.4 is 14.2 Å². The van der Waals surface area contributed by atoms with Crippen LogP contribution >= 0.6 is 0 Å². The SMILES string of the molecule is CC(C)C1(C)CC(Oc2ccc(OC3CC(C)(C)N([O])C(C)(C(C)C)C3)c(OC3CC(C)(C)N([O])C(C)(C(C)C)C3)c2)CC(C)(C)N1[O]. The molecule has 9 nitrogen and oxygen atoms in total. The molecule has 3 radical (unpaired) electrons. The molecule has 48 heavy (non-hydrogen) atoms. The van der Waals surface area contributed by atoms with E-state index in [1.54, 1.807) is 0 Å². The lowest BCUT2D eigenvalue weighted by atomic mass is 9.73. The molecule has 4 rings (SSSR count). The molecule has 3 heterocycles. The molecule has 9 heteroatoms. The van der Waals surface area contributed by atoms with Gasteiger partial charge in [-0.1, -0.05) is 41.5 Å². The van der Waals surface area contributed by atoms with Crippen LogP contribution in [0.15, 0.2) is 18.2 Å². The zero-order valence-electron chi connectivity index (χ0n) is 32.7. The maximum absolute atomic E-state index is 13.6. The van der Waals surface area contributed by atoms with E-state index in [1.807, 2.05) is 80.5 Å². The first-order valence-corrected chi connectivity index (χ1v) is 18.3. The van der Waals surface area contributed by atoms with Gasteiger partial charge in [0.25, 0.3) is 0 Å². The summed E-state index contributed by atoms with van der Waals surface area (Å²) in [6.45, 7) is 30.7. The van der Waals surface area contributed by atoms with Crippen LogP contribution in [-0.4, -0.2) is 66.7 Å². The van der Waals surface area contributed by atoms with Crippen LogP contribution in [0.25, 0.3) is 0 Å². The summed E-state index contributed by atoms with van der Waals surface area (Å²) >= 11 is 0. The Morgan fingerprint density at radius 2 is 0.812 bits per heavy atom.